The second-order valence-corrected chi connectivity index (χ2v) is 4.83. The molecular formula is C15H27N3O2. The summed E-state index contributed by atoms with van der Waals surface area (Å²) in [5, 5.41) is 3.36. The number of nitrogens with one attached hydrogen (secondary N) is 1. The summed E-state index contributed by atoms with van der Waals surface area (Å²) in [6, 6.07) is 0. The van der Waals surface area contributed by atoms with Gasteiger partial charge in [-0.05, 0) is 32.7 Å². The summed E-state index contributed by atoms with van der Waals surface area (Å²) in [5.41, 5.74) is 0. The van der Waals surface area contributed by atoms with E-state index in [0.29, 0.717) is 13.0 Å². The quantitative estimate of drug-likeness (QED) is 0.500. The van der Waals surface area contributed by atoms with E-state index in [9.17, 15) is 4.79 Å². The van der Waals surface area contributed by atoms with Gasteiger partial charge in [0.1, 0.15) is 5.82 Å². The second-order valence-electron chi connectivity index (χ2n) is 4.83. The van der Waals surface area contributed by atoms with E-state index in [1.54, 1.807) is 0 Å². The van der Waals surface area contributed by atoms with Crippen LogP contribution in [-0.4, -0.2) is 28.7 Å². The Labute approximate surface area is 121 Å². The van der Waals surface area contributed by atoms with E-state index in [4.69, 9.17) is 4.74 Å². The van der Waals surface area contributed by atoms with Gasteiger partial charge in [0.15, 0.2) is 0 Å². The highest BCUT2D eigenvalue weighted by atomic mass is 16.5. The molecule has 5 heteroatoms. The predicted molar refractivity (Wildman–Crippen MR) is 79.3 cm³/mol. The van der Waals surface area contributed by atoms with Gasteiger partial charge in [0.25, 0.3) is 0 Å². The Hall–Kier alpha value is -1.36. The van der Waals surface area contributed by atoms with E-state index in [1.807, 2.05) is 19.3 Å². The minimum Gasteiger partial charge on any atom is -0.466 e. The number of aryl methyl sites for hydroxylation is 1. The molecule has 0 radical (unpaired) electrons. The number of ether oxygens (including phenoxy) is 1. The highest BCUT2D eigenvalue weighted by molar-refractivity contribution is 5.69. The fourth-order valence-corrected chi connectivity index (χ4v) is 2.05. The lowest BCUT2D eigenvalue weighted by atomic mass is 10.2. The van der Waals surface area contributed by atoms with Crippen molar-refractivity contribution in [2.24, 2.45) is 0 Å². The first-order valence-corrected chi connectivity index (χ1v) is 7.64. The van der Waals surface area contributed by atoms with Gasteiger partial charge >= 0.3 is 5.97 Å². The number of rotatable bonds is 11. The number of carbonyl (C=O) groups excluding carboxylic acids is 1. The van der Waals surface area contributed by atoms with Gasteiger partial charge in [0, 0.05) is 25.4 Å². The molecule has 1 heterocycles. The molecule has 20 heavy (non-hydrogen) atoms. The summed E-state index contributed by atoms with van der Waals surface area (Å²) in [5.74, 6) is 1.00. The molecular weight excluding hydrogens is 254 g/mol. The van der Waals surface area contributed by atoms with Crippen molar-refractivity contribution < 1.29 is 9.53 Å². The van der Waals surface area contributed by atoms with E-state index in [1.165, 1.54) is 0 Å². The van der Waals surface area contributed by atoms with Crippen molar-refractivity contribution in [3.05, 3.63) is 18.2 Å². The van der Waals surface area contributed by atoms with Crippen molar-refractivity contribution in [1.82, 2.24) is 14.9 Å². The fraction of sp³-hybridized carbons (Fsp3) is 0.733. The van der Waals surface area contributed by atoms with Crippen LogP contribution in [-0.2, 0) is 22.6 Å². The predicted octanol–water partition coefficient (Wildman–Crippen LogP) is 2.51. The average Bonchev–Trinajstić information content (AvgIpc) is 2.87. The summed E-state index contributed by atoms with van der Waals surface area (Å²) < 4.78 is 7.09. The molecule has 0 aliphatic rings. The van der Waals surface area contributed by atoms with Crippen molar-refractivity contribution in [1.29, 1.82) is 0 Å². The molecule has 1 aromatic heterocycles. The van der Waals surface area contributed by atoms with Crippen LogP contribution in [0.5, 0.6) is 0 Å². The van der Waals surface area contributed by atoms with E-state index < -0.39 is 0 Å². The third-order valence-corrected chi connectivity index (χ3v) is 3.10. The molecule has 1 N–H and O–H groups in total. The van der Waals surface area contributed by atoms with Gasteiger partial charge in [-0.3, -0.25) is 4.79 Å². The lowest BCUT2D eigenvalue weighted by Gasteiger charge is -2.08. The Kier molecular flexibility index (Phi) is 8.71. The first-order chi connectivity index (χ1) is 9.77. The van der Waals surface area contributed by atoms with Crippen LogP contribution in [0.15, 0.2) is 12.4 Å². The molecule has 5 nitrogen and oxygen atoms in total. The largest absolute Gasteiger partial charge is 0.466 e. The Bertz CT molecular complexity index is 377. The van der Waals surface area contributed by atoms with Crippen LogP contribution in [0, 0.1) is 0 Å². The number of hydrogen-bond donors (Lipinski definition) is 1. The van der Waals surface area contributed by atoms with Crippen LogP contribution in [0.4, 0.5) is 0 Å². The second kappa shape index (κ2) is 10.4. The summed E-state index contributed by atoms with van der Waals surface area (Å²) >= 11 is 0. The summed E-state index contributed by atoms with van der Waals surface area (Å²) in [4.78, 5) is 15.6. The van der Waals surface area contributed by atoms with Crippen LogP contribution in [0.3, 0.4) is 0 Å². The van der Waals surface area contributed by atoms with Gasteiger partial charge in [0.2, 0.25) is 0 Å². The maximum Gasteiger partial charge on any atom is 0.305 e. The molecule has 0 atom stereocenters. The molecule has 0 fully saturated rings. The third kappa shape index (κ3) is 6.70. The molecule has 0 amide bonds. The number of esters is 1. The van der Waals surface area contributed by atoms with Crippen molar-refractivity contribution in [2.75, 3.05) is 13.2 Å². The van der Waals surface area contributed by atoms with Gasteiger partial charge in [-0.1, -0.05) is 13.3 Å². The van der Waals surface area contributed by atoms with Crippen LogP contribution in [0.2, 0.25) is 0 Å². The number of nitrogens with zero attached hydrogens (tertiary/aromatic N) is 2. The number of hydrogen-bond acceptors (Lipinski definition) is 4. The van der Waals surface area contributed by atoms with Gasteiger partial charge in [-0.15, -0.1) is 0 Å². The van der Waals surface area contributed by atoms with Crippen molar-refractivity contribution >= 4 is 5.97 Å². The Morgan fingerprint density at radius 1 is 1.35 bits per heavy atom. The van der Waals surface area contributed by atoms with E-state index >= 15 is 0 Å². The van der Waals surface area contributed by atoms with E-state index in [-0.39, 0.29) is 5.97 Å². The van der Waals surface area contributed by atoms with Gasteiger partial charge in [-0.2, -0.15) is 0 Å². The molecule has 0 aliphatic carbocycles. The maximum absolute atomic E-state index is 11.2. The summed E-state index contributed by atoms with van der Waals surface area (Å²) in [7, 11) is 0. The zero-order valence-electron chi connectivity index (χ0n) is 12.7. The SMILES string of the molecule is CCCNCc1nccn1CCCCCC(=O)OCC. The van der Waals surface area contributed by atoms with Gasteiger partial charge in [0.05, 0.1) is 13.2 Å². The monoisotopic (exact) mass is 281 g/mol. The van der Waals surface area contributed by atoms with Crippen LogP contribution in [0.1, 0.15) is 51.8 Å². The number of carbonyl (C=O) groups is 1. The fourth-order valence-electron chi connectivity index (χ4n) is 2.05. The van der Waals surface area contributed by atoms with Gasteiger partial charge in [-0.25, -0.2) is 4.98 Å². The number of imidazole rings is 1. The first-order valence-electron chi connectivity index (χ1n) is 7.64. The highest BCUT2D eigenvalue weighted by Gasteiger charge is 2.03. The highest BCUT2D eigenvalue weighted by Crippen LogP contribution is 2.06. The van der Waals surface area contributed by atoms with Crippen molar-refractivity contribution in [3.63, 3.8) is 0 Å². The molecule has 0 aromatic carbocycles. The average molecular weight is 281 g/mol. The maximum atomic E-state index is 11.2. The number of aromatic nitrogens is 2. The van der Waals surface area contributed by atoms with Gasteiger partial charge < -0.3 is 14.6 Å². The molecule has 1 aromatic rings. The normalized spacial score (nSPS) is 10.7. The van der Waals surface area contributed by atoms with Crippen molar-refractivity contribution in [2.45, 2.75) is 59.0 Å². The minimum absolute atomic E-state index is 0.0837. The molecule has 0 saturated heterocycles. The molecule has 1 rings (SSSR count). The summed E-state index contributed by atoms with van der Waals surface area (Å²) in [6.07, 6.45) is 8.54. The molecule has 114 valence electrons. The minimum atomic E-state index is -0.0837. The standard InChI is InChI=1S/C15H27N3O2/c1-3-9-16-13-14-17-10-12-18(14)11-7-5-6-8-15(19)20-4-2/h10,12,16H,3-9,11,13H2,1-2H3. The first kappa shape index (κ1) is 16.7. The molecule has 0 bridgehead atoms. The molecule has 0 spiro atoms. The van der Waals surface area contributed by atoms with Crippen molar-refractivity contribution in [3.8, 4) is 0 Å². The lowest BCUT2D eigenvalue weighted by molar-refractivity contribution is -0.143. The van der Waals surface area contributed by atoms with Crippen LogP contribution in [0.25, 0.3) is 0 Å². The Morgan fingerprint density at radius 2 is 2.20 bits per heavy atom. The summed E-state index contributed by atoms with van der Waals surface area (Å²) in [6.45, 7) is 7.28. The molecule has 0 saturated carbocycles. The zero-order chi connectivity index (χ0) is 14.6. The Balaban J connectivity index is 2.15. The van der Waals surface area contributed by atoms with E-state index in [0.717, 1.165) is 51.1 Å². The number of unbranched alkanes of at least 4 members (excludes halogenated alkanes) is 2. The van der Waals surface area contributed by atoms with E-state index in [2.05, 4.69) is 21.8 Å². The lowest BCUT2D eigenvalue weighted by Crippen LogP contribution is -2.17. The smallest absolute Gasteiger partial charge is 0.305 e. The molecule has 0 aliphatic heterocycles. The third-order valence-electron chi connectivity index (χ3n) is 3.10. The van der Waals surface area contributed by atoms with Crippen LogP contribution < -0.4 is 5.32 Å². The topological polar surface area (TPSA) is 56.2 Å². The van der Waals surface area contributed by atoms with Crippen LogP contribution >= 0.6 is 0 Å². The zero-order valence-corrected chi connectivity index (χ0v) is 12.7. The Morgan fingerprint density at radius 3 is 2.95 bits per heavy atom. The molecule has 0 unspecified atom stereocenters.